The molecule has 1 saturated carbocycles. The van der Waals surface area contributed by atoms with Crippen LogP contribution in [0.25, 0.3) is 5.69 Å². The van der Waals surface area contributed by atoms with E-state index in [2.05, 4.69) is 4.98 Å². The molecule has 1 fully saturated rings. The molecule has 1 aromatic carbocycles. The Balaban J connectivity index is 1.92. The number of rotatable bonds is 2. The summed E-state index contributed by atoms with van der Waals surface area (Å²) in [5.41, 5.74) is 1.97. The summed E-state index contributed by atoms with van der Waals surface area (Å²) < 4.78 is 15.2. The van der Waals surface area contributed by atoms with Gasteiger partial charge in [-0.2, -0.15) is 0 Å². The molecule has 0 unspecified atom stereocenters. The van der Waals surface area contributed by atoms with E-state index in [0.717, 1.165) is 12.8 Å². The third-order valence-electron chi connectivity index (χ3n) is 4.23. The van der Waals surface area contributed by atoms with Gasteiger partial charge in [-0.3, -0.25) is 14.2 Å². The van der Waals surface area contributed by atoms with Gasteiger partial charge in [0.1, 0.15) is 17.8 Å². The summed E-state index contributed by atoms with van der Waals surface area (Å²) in [7, 11) is 1.64. The molecule has 1 amide bonds. The molecule has 22 heavy (non-hydrogen) atoms. The quantitative estimate of drug-likeness (QED) is 0.799. The lowest BCUT2D eigenvalue weighted by Gasteiger charge is -2.14. The van der Waals surface area contributed by atoms with Gasteiger partial charge < -0.3 is 4.90 Å². The van der Waals surface area contributed by atoms with Crippen molar-refractivity contribution in [2.24, 2.45) is 5.92 Å². The molecule has 4 rings (SSSR count). The molecule has 0 atom stereocenters. The van der Waals surface area contributed by atoms with Gasteiger partial charge in [-0.25, -0.2) is 9.37 Å². The number of benzene rings is 1. The fraction of sp³-hybridized carbons (Fsp3) is 0.312. The van der Waals surface area contributed by atoms with Crippen molar-refractivity contribution in [1.29, 1.82) is 0 Å². The predicted molar refractivity (Wildman–Crippen MR) is 76.4 cm³/mol. The third kappa shape index (κ3) is 1.87. The van der Waals surface area contributed by atoms with E-state index in [1.165, 1.54) is 17.0 Å². The molecular weight excluding hydrogens is 285 g/mol. The Bertz CT molecular complexity index is 808. The number of imidazole rings is 1. The Kier molecular flexibility index (Phi) is 2.69. The van der Waals surface area contributed by atoms with Gasteiger partial charge in [0.15, 0.2) is 5.78 Å². The Hall–Kier alpha value is -2.50. The molecule has 0 bridgehead atoms. The molecule has 1 aromatic heterocycles. The molecular formula is C16H14FN3O2. The third-order valence-corrected chi connectivity index (χ3v) is 4.23. The van der Waals surface area contributed by atoms with Crippen LogP contribution in [0.1, 0.15) is 39.4 Å². The van der Waals surface area contributed by atoms with Gasteiger partial charge in [-0.15, -0.1) is 0 Å². The number of hydrogen-bond donors (Lipinski definition) is 0. The number of nitrogens with zero attached hydrogens (tertiary/aromatic N) is 3. The lowest BCUT2D eigenvalue weighted by molar-refractivity contribution is 0.0784. The first kappa shape index (κ1) is 13.2. The Morgan fingerprint density at radius 1 is 1.36 bits per heavy atom. The minimum Gasteiger partial charge on any atom is -0.336 e. The molecule has 2 aliphatic rings. The molecule has 0 radical (unpaired) electrons. The lowest BCUT2D eigenvalue weighted by atomic mass is 10.1. The predicted octanol–water partition coefficient (Wildman–Crippen LogP) is 2.19. The zero-order valence-corrected chi connectivity index (χ0v) is 12.0. The smallest absolute Gasteiger partial charge is 0.256 e. The van der Waals surface area contributed by atoms with E-state index in [1.807, 2.05) is 0 Å². The largest absolute Gasteiger partial charge is 0.336 e. The second-order valence-corrected chi connectivity index (χ2v) is 5.87. The molecule has 2 heterocycles. The first-order valence-electron chi connectivity index (χ1n) is 7.22. The van der Waals surface area contributed by atoms with Gasteiger partial charge in [-0.1, -0.05) is 0 Å². The maximum atomic E-state index is 13.5. The monoisotopic (exact) mass is 299 g/mol. The van der Waals surface area contributed by atoms with E-state index in [4.69, 9.17) is 0 Å². The molecule has 2 aromatic rings. The maximum Gasteiger partial charge on any atom is 0.256 e. The Morgan fingerprint density at radius 3 is 2.86 bits per heavy atom. The van der Waals surface area contributed by atoms with E-state index in [0.29, 0.717) is 17.1 Å². The van der Waals surface area contributed by atoms with E-state index >= 15 is 0 Å². The number of ketones is 1. The number of aromatic nitrogens is 2. The topological polar surface area (TPSA) is 55.2 Å². The Labute approximate surface area is 126 Å². The van der Waals surface area contributed by atoms with Crippen molar-refractivity contribution in [2.75, 3.05) is 7.05 Å². The lowest BCUT2D eigenvalue weighted by Crippen LogP contribution is -2.26. The standard InChI is InChI=1S/C16H14FN3O2/c1-19-7-13-14(15(21)9-2-3-9)18-8-20(13)12-5-4-10(17)6-11(12)16(19)22/h4-6,8-9H,2-3,7H2,1H3. The molecule has 112 valence electrons. The van der Waals surface area contributed by atoms with Crippen molar-refractivity contribution in [3.05, 3.63) is 47.3 Å². The van der Waals surface area contributed by atoms with Gasteiger partial charge >= 0.3 is 0 Å². The SMILES string of the molecule is CN1Cc2c(C(=O)C3CC3)ncn2-c2ccc(F)cc2C1=O. The van der Waals surface area contributed by atoms with Crippen LogP contribution in [0.15, 0.2) is 24.5 Å². The summed E-state index contributed by atoms with van der Waals surface area (Å²) in [4.78, 5) is 30.5. The molecule has 0 spiro atoms. The van der Waals surface area contributed by atoms with Crippen molar-refractivity contribution in [2.45, 2.75) is 19.4 Å². The first-order valence-corrected chi connectivity index (χ1v) is 7.22. The average Bonchev–Trinajstić information content (AvgIpc) is 3.28. The summed E-state index contributed by atoms with van der Waals surface area (Å²) in [6.45, 7) is 0.281. The summed E-state index contributed by atoms with van der Waals surface area (Å²) in [6.07, 6.45) is 3.36. The first-order chi connectivity index (χ1) is 10.6. The van der Waals surface area contributed by atoms with Crippen LogP contribution in [0.3, 0.4) is 0 Å². The summed E-state index contributed by atoms with van der Waals surface area (Å²) in [6, 6.07) is 4.09. The van der Waals surface area contributed by atoms with Gasteiger partial charge in [0.2, 0.25) is 0 Å². The van der Waals surface area contributed by atoms with Crippen LogP contribution < -0.4 is 0 Å². The minimum absolute atomic E-state index is 0.0418. The number of carbonyl (C=O) groups excluding carboxylic acids is 2. The van der Waals surface area contributed by atoms with E-state index in [1.54, 1.807) is 24.0 Å². The fourth-order valence-electron chi connectivity index (χ4n) is 2.87. The van der Waals surface area contributed by atoms with E-state index in [9.17, 15) is 14.0 Å². The second-order valence-electron chi connectivity index (χ2n) is 5.87. The normalized spacial score (nSPS) is 17.0. The second kappa shape index (κ2) is 4.50. The average molecular weight is 299 g/mol. The zero-order valence-electron chi connectivity index (χ0n) is 12.0. The molecule has 0 N–H and O–H groups in total. The number of fused-ring (bicyclic) bond motifs is 3. The van der Waals surface area contributed by atoms with Gasteiger partial charge in [0.25, 0.3) is 5.91 Å². The van der Waals surface area contributed by atoms with Crippen LogP contribution in [0.4, 0.5) is 4.39 Å². The number of Topliss-reactive ketones (excluding diaryl/α,β-unsaturated/α-hetero) is 1. The van der Waals surface area contributed by atoms with Crippen molar-refractivity contribution >= 4 is 11.7 Å². The maximum absolute atomic E-state index is 13.5. The highest BCUT2D eigenvalue weighted by molar-refractivity contribution is 6.01. The minimum atomic E-state index is -0.460. The van der Waals surface area contributed by atoms with Crippen molar-refractivity contribution in [1.82, 2.24) is 14.5 Å². The van der Waals surface area contributed by atoms with Crippen LogP contribution >= 0.6 is 0 Å². The van der Waals surface area contributed by atoms with Crippen LogP contribution in [0.2, 0.25) is 0 Å². The van der Waals surface area contributed by atoms with Crippen LogP contribution in [0.5, 0.6) is 0 Å². The van der Waals surface area contributed by atoms with Crippen LogP contribution in [-0.2, 0) is 6.54 Å². The van der Waals surface area contributed by atoms with Gasteiger partial charge in [-0.05, 0) is 31.0 Å². The molecule has 1 aliphatic carbocycles. The van der Waals surface area contributed by atoms with Gasteiger partial charge in [0.05, 0.1) is 23.5 Å². The van der Waals surface area contributed by atoms with Gasteiger partial charge in [0, 0.05) is 13.0 Å². The van der Waals surface area contributed by atoms with E-state index in [-0.39, 0.29) is 29.7 Å². The highest BCUT2D eigenvalue weighted by atomic mass is 19.1. The number of carbonyl (C=O) groups is 2. The van der Waals surface area contributed by atoms with Crippen molar-refractivity contribution in [3.63, 3.8) is 0 Å². The summed E-state index contributed by atoms with van der Waals surface area (Å²) in [5.74, 6) is -0.613. The molecule has 1 aliphatic heterocycles. The van der Waals surface area contributed by atoms with E-state index < -0.39 is 5.82 Å². The van der Waals surface area contributed by atoms with Crippen molar-refractivity contribution < 1.29 is 14.0 Å². The van der Waals surface area contributed by atoms with Crippen molar-refractivity contribution in [3.8, 4) is 5.69 Å². The Morgan fingerprint density at radius 2 is 2.14 bits per heavy atom. The summed E-state index contributed by atoms with van der Waals surface area (Å²) >= 11 is 0. The molecule has 6 heteroatoms. The number of halogens is 1. The zero-order chi connectivity index (χ0) is 15.4. The highest BCUT2D eigenvalue weighted by Gasteiger charge is 2.35. The molecule has 0 saturated heterocycles. The fourth-order valence-corrected chi connectivity index (χ4v) is 2.87. The van der Waals surface area contributed by atoms with Crippen LogP contribution in [0, 0.1) is 11.7 Å². The number of amides is 1. The number of hydrogen-bond acceptors (Lipinski definition) is 3. The molecule has 5 nitrogen and oxygen atoms in total. The van der Waals surface area contributed by atoms with Crippen LogP contribution in [-0.4, -0.2) is 33.2 Å². The summed E-state index contributed by atoms with van der Waals surface area (Å²) in [5, 5.41) is 0. The highest BCUT2D eigenvalue weighted by Crippen LogP contribution is 2.34.